The van der Waals surface area contributed by atoms with Gasteiger partial charge in [-0.3, -0.25) is 4.90 Å². The largest absolute Gasteiger partial charge is 0.395 e. The Morgan fingerprint density at radius 3 is 2.73 bits per heavy atom. The van der Waals surface area contributed by atoms with Gasteiger partial charge in [-0.15, -0.1) is 0 Å². The number of hydrogen-bond acceptors (Lipinski definition) is 4. The molecule has 0 spiro atoms. The van der Waals surface area contributed by atoms with Gasteiger partial charge >= 0.3 is 0 Å². The zero-order chi connectivity index (χ0) is 11.4. The van der Waals surface area contributed by atoms with Crippen LogP contribution in [-0.2, 0) is 4.74 Å². The third-order valence-electron chi connectivity index (χ3n) is 3.20. The summed E-state index contributed by atoms with van der Waals surface area (Å²) in [7, 11) is 0. The molecule has 3 N–H and O–H groups in total. The number of morpholine rings is 1. The van der Waals surface area contributed by atoms with Crippen molar-refractivity contribution in [3.8, 4) is 0 Å². The van der Waals surface area contributed by atoms with E-state index >= 15 is 0 Å². The molecule has 1 saturated heterocycles. The molecule has 4 atom stereocenters. The third kappa shape index (κ3) is 3.14. The summed E-state index contributed by atoms with van der Waals surface area (Å²) in [4.78, 5) is 2.30. The third-order valence-corrected chi connectivity index (χ3v) is 3.20. The number of aliphatic hydroxyl groups excluding tert-OH is 1. The van der Waals surface area contributed by atoms with Crippen LogP contribution in [0.3, 0.4) is 0 Å². The fraction of sp³-hybridized carbons (Fsp3) is 1.00. The summed E-state index contributed by atoms with van der Waals surface area (Å²) in [6.45, 7) is 7.90. The van der Waals surface area contributed by atoms with Crippen LogP contribution >= 0.6 is 0 Å². The molecule has 15 heavy (non-hydrogen) atoms. The van der Waals surface area contributed by atoms with Gasteiger partial charge in [-0.1, -0.05) is 6.92 Å². The number of nitrogens with two attached hydrogens (primary N) is 1. The second kappa shape index (κ2) is 5.80. The van der Waals surface area contributed by atoms with Crippen LogP contribution in [0.1, 0.15) is 27.2 Å². The van der Waals surface area contributed by atoms with Crippen molar-refractivity contribution in [2.75, 3.05) is 19.8 Å². The Morgan fingerprint density at radius 2 is 2.27 bits per heavy atom. The molecule has 0 amide bonds. The van der Waals surface area contributed by atoms with Crippen molar-refractivity contribution >= 4 is 0 Å². The fourth-order valence-corrected chi connectivity index (χ4v) is 2.20. The van der Waals surface area contributed by atoms with E-state index < -0.39 is 0 Å². The van der Waals surface area contributed by atoms with E-state index in [9.17, 15) is 5.11 Å². The van der Waals surface area contributed by atoms with Crippen LogP contribution in [0.15, 0.2) is 0 Å². The highest BCUT2D eigenvalue weighted by atomic mass is 16.5. The van der Waals surface area contributed by atoms with E-state index in [1.807, 2.05) is 6.92 Å². The minimum absolute atomic E-state index is 0.00523. The molecule has 0 aromatic heterocycles. The molecule has 1 aliphatic heterocycles. The Balaban J connectivity index is 2.68. The van der Waals surface area contributed by atoms with Crippen molar-refractivity contribution in [1.29, 1.82) is 0 Å². The van der Waals surface area contributed by atoms with E-state index in [-0.39, 0.29) is 24.8 Å². The number of ether oxygens (including phenoxy) is 1. The lowest BCUT2D eigenvalue weighted by Crippen LogP contribution is -2.58. The molecule has 0 radical (unpaired) electrons. The van der Waals surface area contributed by atoms with Crippen LogP contribution in [0.4, 0.5) is 0 Å². The summed E-state index contributed by atoms with van der Waals surface area (Å²) in [6.07, 6.45) is 1.27. The van der Waals surface area contributed by atoms with E-state index in [1.54, 1.807) is 0 Å². The van der Waals surface area contributed by atoms with Crippen LogP contribution in [0.5, 0.6) is 0 Å². The monoisotopic (exact) mass is 216 g/mol. The molecule has 1 aliphatic rings. The van der Waals surface area contributed by atoms with Gasteiger partial charge in [-0.05, 0) is 20.3 Å². The van der Waals surface area contributed by atoms with Crippen molar-refractivity contribution in [3.05, 3.63) is 0 Å². The molecular weight excluding hydrogens is 192 g/mol. The van der Waals surface area contributed by atoms with Crippen molar-refractivity contribution < 1.29 is 9.84 Å². The molecule has 0 bridgehead atoms. The Kier molecular flexibility index (Phi) is 4.99. The summed E-state index contributed by atoms with van der Waals surface area (Å²) >= 11 is 0. The minimum Gasteiger partial charge on any atom is -0.395 e. The Bertz CT molecular complexity index is 187. The predicted octanol–water partition coefficient (Wildman–Crippen LogP) is 0.194. The van der Waals surface area contributed by atoms with E-state index in [4.69, 9.17) is 10.5 Å². The molecule has 1 fully saturated rings. The first-order valence-corrected chi connectivity index (χ1v) is 5.83. The zero-order valence-corrected chi connectivity index (χ0v) is 10.0. The second-order valence-corrected chi connectivity index (χ2v) is 4.51. The van der Waals surface area contributed by atoms with Gasteiger partial charge in [0.15, 0.2) is 0 Å². The van der Waals surface area contributed by atoms with E-state index in [0.29, 0.717) is 6.04 Å². The molecule has 1 rings (SSSR count). The molecule has 0 aromatic rings. The van der Waals surface area contributed by atoms with Crippen LogP contribution < -0.4 is 5.73 Å². The van der Waals surface area contributed by atoms with Gasteiger partial charge in [0.1, 0.15) is 0 Å². The van der Waals surface area contributed by atoms with Crippen molar-refractivity contribution in [1.82, 2.24) is 4.90 Å². The highest BCUT2D eigenvalue weighted by Gasteiger charge is 2.32. The van der Waals surface area contributed by atoms with Crippen LogP contribution in [-0.4, -0.2) is 54.0 Å². The first-order valence-electron chi connectivity index (χ1n) is 5.83. The minimum atomic E-state index is -0.00523. The molecule has 1 heterocycles. The summed E-state index contributed by atoms with van der Waals surface area (Å²) in [5.74, 6) is 0. The topological polar surface area (TPSA) is 58.7 Å². The van der Waals surface area contributed by atoms with E-state index in [0.717, 1.165) is 19.6 Å². The average molecular weight is 216 g/mol. The maximum absolute atomic E-state index is 9.39. The highest BCUT2D eigenvalue weighted by molar-refractivity contribution is 4.87. The number of aliphatic hydroxyl groups is 1. The van der Waals surface area contributed by atoms with Crippen LogP contribution in [0.2, 0.25) is 0 Å². The van der Waals surface area contributed by atoms with Crippen LogP contribution in [0, 0.1) is 0 Å². The smallest absolute Gasteiger partial charge is 0.0674 e. The SMILES string of the molecule is CCC1COC(C)CN1C(CO)C(C)N. The first kappa shape index (κ1) is 12.9. The predicted molar refractivity (Wildman–Crippen MR) is 60.7 cm³/mol. The van der Waals surface area contributed by atoms with Gasteiger partial charge in [0.05, 0.1) is 19.3 Å². The van der Waals surface area contributed by atoms with E-state index in [2.05, 4.69) is 18.7 Å². The van der Waals surface area contributed by atoms with E-state index in [1.165, 1.54) is 0 Å². The average Bonchev–Trinajstić information content (AvgIpc) is 2.18. The Labute approximate surface area is 92.4 Å². The molecule has 4 nitrogen and oxygen atoms in total. The molecule has 4 unspecified atom stereocenters. The molecule has 0 saturated carbocycles. The lowest BCUT2D eigenvalue weighted by Gasteiger charge is -2.43. The maximum atomic E-state index is 9.39. The van der Waals surface area contributed by atoms with Crippen LogP contribution in [0.25, 0.3) is 0 Å². The summed E-state index contributed by atoms with van der Waals surface area (Å²) in [5.41, 5.74) is 5.90. The van der Waals surface area contributed by atoms with Gasteiger partial charge in [0, 0.05) is 24.7 Å². The number of hydrogen-bond donors (Lipinski definition) is 2. The summed E-state index contributed by atoms with van der Waals surface area (Å²) in [5, 5.41) is 9.39. The standard InChI is InChI=1S/C11H24N2O2/c1-4-10-7-15-8(2)5-13(10)11(6-14)9(3)12/h8-11,14H,4-7,12H2,1-3H3. The normalized spacial score (nSPS) is 32.6. The lowest BCUT2D eigenvalue weighted by molar-refractivity contribution is -0.0826. The Hall–Kier alpha value is -0.160. The molecule has 0 aromatic carbocycles. The highest BCUT2D eigenvalue weighted by Crippen LogP contribution is 2.18. The molecule has 0 aliphatic carbocycles. The van der Waals surface area contributed by atoms with Crippen molar-refractivity contribution in [2.45, 2.75) is 51.4 Å². The van der Waals surface area contributed by atoms with Gasteiger partial charge < -0.3 is 15.6 Å². The number of nitrogens with zero attached hydrogens (tertiary/aromatic N) is 1. The molecule has 4 heteroatoms. The van der Waals surface area contributed by atoms with Gasteiger partial charge in [-0.25, -0.2) is 0 Å². The summed E-state index contributed by atoms with van der Waals surface area (Å²) in [6, 6.07) is 0.444. The first-order chi connectivity index (χ1) is 7.10. The lowest BCUT2D eigenvalue weighted by atomic mass is 10.0. The second-order valence-electron chi connectivity index (χ2n) is 4.51. The fourth-order valence-electron chi connectivity index (χ4n) is 2.20. The van der Waals surface area contributed by atoms with Gasteiger partial charge in [-0.2, -0.15) is 0 Å². The number of rotatable bonds is 4. The van der Waals surface area contributed by atoms with Gasteiger partial charge in [0.2, 0.25) is 0 Å². The maximum Gasteiger partial charge on any atom is 0.0674 e. The quantitative estimate of drug-likeness (QED) is 0.704. The molecule has 90 valence electrons. The molecular formula is C11H24N2O2. The zero-order valence-electron chi connectivity index (χ0n) is 10.0. The van der Waals surface area contributed by atoms with Gasteiger partial charge in [0.25, 0.3) is 0 Å². The van der Waals surface area contributed by atoms with Crippen molar-refractivity contribution in [3.63, 3.8) is 0 Å². The Morgan fingerprint density at radius 1 is 1.60 bits per heavy atom. The summed E-state index contributed by atoms with van der Waals surface area (Å²) < 4.78 is 5.62. The van der Waals surface area contributed by atoms with Crippen molar-refractivity contribution in [2.24, 2.45) is 5.73 Å².